The topological polar surface area (TPSA) is 86.2 Å². The fraction of sp³-hybridized carbons (Fsp3) is 0.300. The number of ether oxygens (including phenoxy) is 2. The highest BCUT2D eigenvalue weighted by molar-refractivity contribution is 7.71. The van der Waals surface area contributed by atoms with Gasteiger partial charge in [0.1, 0.15) is 5.65 Å². The summed E-state index contributed by atoms with van der Waals surface area (Å²) in [6.07, 6.45) is 0.677. The van der Waals surface area contributed by atoms with E-state index in [2.05, 4.69) is 9.97 Å². The number of aromatic nitrogens is 3. The van der Waals surface area contributed by atoms with E-state index in [0.717, 1.165) is 11.1 Å². The van der Waals surface area contributed by atoms with Crippen LogP contribution in [0.5, 0.6) is 0 Å². The van der Waals surface area contributed by atoms with Crippen molar-refractivity contribution in [2.75, 3.05) is 20.8 Å². The zero-order chi connectivity index (χ0) is 20.3. The van der Waals surface area contributed by atoms with Crippen molar-refractivity contribution in [3.05, 3.63) is 56.6 Å². The molecule has 28 heavy (non-hydrogen) atoms. The smallest absolute Gasteiger partial charge is 0.338 e. The molecular weight excluding hydrogens is 378 g/mol. The molecule has 146 valence electrons. The van der Waals surface area contributed by atoms with E-state index in [-0.39, 0.29) is 15.7 Å². The summed E-state index contributed by atoms with van der Waals surface area (Å²) in [5.41, 5.74) is 2.53. The number of fused-ring (bicyclic) bond motifs is 1. The number of carbonyl (C=O) groups excluding carboxylic acids is 1. The standard InChI is InChI=1S/C20H21N3O4S/c1-12-5-7-13(8-6-12)15-11-14(19(25)27-3)16-17(21-15)23(9-4-10-26-2)20(28)22-18(16)24/h5-8,11H,4,9-10H2,1-3H3,(H,22,24,28). The SMILES string of the molecule is COCCCn1c(=S)[nH]c(=O)c2c(C(=O)OC)cc(-c3ccc(C)cc3)nc21. The molecule has 1 N–H and O–H groups in total. The number of nitrogens with one attached hydrogen (secondary N) is 1. The van der Waals surface area contributed by atoms with E-state index in [1.165, 1.54) is 7.11 Å². The number of esters is 1. The Morgan fingerprint density at radius 1 is 1.25 bits per heavy atom. The number of carbonyl (C=O) groups is 1. The van der Waals surface area contributed by atoms with Gasteiger partial charge < -0.3 is 14.0 Å². The minimum atomic E-state index is -0.605. The first-order valence-corrected chi connectivity index (χ1v) is 9.19. The molecule has 2 heterocycles. The van der Waals surface area contributed by atoms with E-state index in [0.29, 0.717) is 30.9 Å². The lowest BCUT2D eigenvalue weighted by Gasteiger charge is -2.14. The third kappa shape index (κ3) is 3.88. The van der Waals surface area contributed by atoms with E-state index in [4.69, 9.17) is 21.7 Å². The number of H-pyrrole nitrogens is 1. The molecule has 7 nitrogen and oxygen atoms in total. The summed E-state index contributed by atoms with van der Waals surface area (Å²) in [6, 6.07) is 9.34. The van der Waals surface area contributed by atoms with Crippen LogP contribution >= 0.6 is 12.2 Å². The number of nitrogens with zero attached hydrogens (tertiary/aromatic N) is 2. The molecule has 1 aromatic carbocycles. The molecule has 3 aromatic rings. The maximum atomic E-state index is 12.6. The van der Waals surface area contributed by atoms with E-state index in [9.17, 15) is 9.59 Å². The minimum Gasteiger partial charge on any atom is -0.465 e. The minimum absolute atomic E-state index is 0.153. The molecule has 0 atom stereocenters. The Labute approximate surface area is 167 Å². The molecule has 0 amide bonds. The molecule has 0 bridgehead atoms. The second kappa shape index (κ2) is 8.45. The van der Waals surface area contributed by atoms with Gasteiger partial charge in [0.15, 0.2) is 4.77 Å². The highest BCUT2D eigenvalue weighted by Gasteiger charge is 2.19. The van der Waals surface area contributed by atoms with Gasteiger partial charge in [0.25, 0.3) is 5.56 Å². The highest BCUT2D eigenvalue weighted by Crippen LogP contribution is 2.24. The first-order chi connectivity index (χ1) is 13.5. The number of benzene rings is 1. The van der Waals surface area contributed by atoms with Crippen LogP contribution in [-0.4, -0.2) is 41.3 Å². The second-order valence-corrected chi connectivity index (χ2v) is 6.76. The number of hydrogen-bond donors (Lipinski definition) is 1. The van der Waals surface area contributed by atoms with Gasteiger partial charge in [0.05, 0.1) is 23.8 Å². The van der Waals surface area contributed by atoms with Gasteiger partial charge >= 0.3 is 5.97 Å². The van der Waals surface area contributed by atoms with Crippen LogP contribution < -0.4 is 5.56 Å². The van der Waals surface area contributed by atoms with Crippen LogP contribution in [0.1, 0.15) is 22.3 Å². The van der Waals surface area contributed by atoms with Gasteiger partial charge in [-0.15, -0.1) is 0 Å². The Balaban J connectivity index is 2.33. The van der Waals surface area contributed by atoms with Gasteiger partial charge in [-0.05, 0) is 31.6 Å². The van der Waals surface area contributed by atoms with Gasteiger partial charge in [-0.25, -0.2) is 9.78 Å². The summed E-state index contributed by atoms with van der Waals surface area (Å²) in [5, 5.41) is 0.161. The molecule has 0 aliphatic heterocycles. The monoisotopic (exact) mass is 399 g/mol. The fourth-order valence-corrected chi connectivity index (χ4v) is 3.26. The van der Waals surface area contributed by atoms with Crippen molar-refractivity contribution in [2.45, 2.75) is 19.9 Å². The molecule has 8 heteroatoms. The van der Waals surface area contributed by atoms with E-state index in [1.807, 2.05) is 31.2 Å². The first-order valence-electron chi connectivity index (χ1n) is 8.78. The van der Waals surface area contributed by atoms with E-state index < -0.39 is 11.5 Å². The summed E-state index contributed by atoms with van der Waals surface area (Å²) in [7, 11) is 2.90. The molecule has 0 aliphatic carbocycles. The third-order valence-electron chi connectivity index (χ3n) is 4.43. The lowest BCUT2D eigenvalue weighted by atomic mass is 10.1. The predicted molar refractivity (Wildman–Crippen MR) is 109 cm³/mol. The maximum Gasteiger partial charge on any atom is 0.338 e. The number of methoxy groups -OCH3 is 2. The van der Waals surface area contributed by atoms with Crippen molar-refractivity contribution in [1.82, 2.24) is 14.5 Å². The summed E-state index contributed by atoms with van der Waals surface area (Å²) in [4.78, 5) is 32.3. The average molecular weight is 399 g/mol. The zero-order valence-corrected chi connectivity index (χ0v) is 16.8. The molecule has 0 saturated carbocycles. The van der Waals surface area contributed by atoms with Gasteiger partial charge in [-0.3, -0.25) is 9.78 Å². The summed E-state index contributed by atoms with van der Waals surface area (Å²) < 4.78 is 12.0. The number of aryl methyl sites for hydroxylation is 2. The summed E-state index contributed by atoms with van der Waals surface area (Å²) >= 11 is 5.34. The molecule has 0 fully saturated rings. The maximum absolute atomic E-state index is 12.6. The van der Waals surface area contributed by atoms with Crippen LogP contribution in [0, 0.1) is 11.7 Å². The van der Waals surface area contributed by atoms with Crippen LogP contribution in [0.2, 0.25) is 0 Å². The third-order valence-corrected chi connectivity index (χ3v) is 4.75. The summed E-state index contributed by atoms with van der Waals surface area (Å²) in [6.45, 7) is 3.01. The van der Waals surface area contributed by atoms with Crippen molar-refractivity contribution in [2.24, 2.45) is 0 Å². The van der Waals surface area contributed by atoms with Gasteiger partial charge in [-0.2, -0.15) is 0 Å². The molecular formula is C20H21N3O4S. The van der Waals surface area contributed by atoms with Crippen LogP contribution in [0.15, 0.2) is 35.1 Å². The van der Waals surface area contributed by atoms with Crippen molar-refractivity contribution >= 4 is 29.2 Å². The van der Waals surface area contributed by atoms with Crippen molar-refractivity contribution in [3.8, 4) is 11.3 Å². The quantitative estimate of drug-likeness (QED) is 0.389. The normalized spacial score (nSPS) is 11.0. The molecule has 0 radical (unpaired) electrons. The lowest BCUT2D eigenvalue weighted by Crippen LogP contribution is -2.20. The number of pyridine rings is 1. The average Bonchev–Trinajstić information content (AvgIpc) is 2.69. The van der Waals surface area contributed by atoms with Crippen LogP contribution in [0.25, 0.3) is 22.3 Å². The van der Waals surface area contributed by atoms with Crippen molar-refractivity contribution in [1.29, 1.82) is 0 Å². The Morgan fingerprint density at radius 3 is 2.61 bits per heavy atom. The molecule has 0 unspecified atom stereocenters. The van der Waals surface area contributed by atoms with Gasteiger partial charge in [0.2, 0.25) is 0 Å². The highest BCUT2D eigenvalue weighted by atomic mass is 32.1. The first kappa shape index (κ1) is 19.9. The Bertz CT molecular complexity index is 1130. The zero-order valence-electron chi connectivity index (χ0n) is 15.9. The number of aromatic amines is 1. The largest absolute Gasteiger partial charge is 0.465 e. The fourth-order valence-electron chi connectivity index (χ4n) is 2.99. The van der Waals surface area contributed by atoms with E-state index in [1.54, 1.807) is 17.7 Å². The number of hydrogen-bond acceptors (Lipinski definition) is 6. The molecule has 3 rings (SSSR count). The van der Waals surface area contributed by atoms with Gasteiger partial charge in [0, 0.05) is 25.8 Å². The van der Waals surface area contributed by atoms with Crippen LogP contribution in [0.4, 0.5) is 0 Å². The lowest BCUT2D eigenvalue weighted by molar-refractivity contribution is 0.0603. The Morgan fingerprint density at radius 2 is 1.96 bits per heavy atom. The molecule has 0 spiro atoms. The van der Waals surface area contributed by atoms with Gasteiger partial charge in [-0.1, -0.05) is 29.8 Å². The van der Waals surface area contributed by atoms with E-state index >= 15 is 0 Å². The summed E-state index contributed by atoms with van der Waals surface area (Å²) in [5.74, 6) is -0.605. The molecule has 0 saturated heterocycles. The van der Waals surface area contributed by atoms with Crippen LogP contribution in [-0.2, 0) is 16.0 Å². The second-order valence-electron chi connectivity index (χ2n) is 6.37. The molecule has 0 aliphatic rings. The Hall–Kier alpha value is -2.84. The number of rotatable bonds is 6. The predicted octanol–water partition coefficient (Wildman–Crippen LogP) is 3.25. The van der Waals surface area contributed by atoms with Crippen LogP contribution in [0.3, 0.4) is 0 Å². The van der Waals surface area contributed by atoms with Crippen molar-refractivity contribution < 1.29 is 14.3 Å². The molecule has 2 aromatic heterocycles. The Kier molecular flexibility index (Phi) is 6.01. The van der Waals surface area contributed by atoms with Crippen molar-refractivity contribution in [3.63, 3.8) is 0 Å².